The van der Waals surface area contributed by atoms with Crippen molar-refractivity contribution in [3.63, 3.8) is 0 Å². The lowest BCUT2D eigenvalue weighted by Crippen LogP contribution is -2.43. The molecule has 0 aliphatic carbocycles. The van der Waals surface area contributed by atoms with E-state index in [0.717, 1.165) is 48.2 Å². The van der Waals surface area contributed by atoms with Crippen molar-refractivity contribution in [1.82, 2.24) is 15.2 Å². The van der Waals surface area contributed by atoms with Crippen LogP contribution in [0.2, 0.25) is 5.02 Å². The number of fused-ring (bicyclic) bond motifs is 1. The predicted molar refractivity (Wildman–Crippen MR) is 99.6 cm³/mol. The molecule has 1 aliphatic heterocycles. The van der Waals surface area contributed by atoms with E-state index in [9.17, 15) is 4.79 Å². The van der Waals surface area contributed by atoms with Crippen LogP contribution in [0.5, 0.6) is 0 Å². The highest BCUT2D eigenvalue weighted by atomic mass is 35.5. The van der Waals surface area contributed by atoms with E-state index in [0.29, 0.717) is 11.4 Å². The number of benzene rings is 1. The Balaban J connectivity index is 1.67. The first kappa shape index (κ1) is 17.3. The number of aryl methyl sites for hydroxylation is 1. The van der Waals surface area contributed by atoms with Crippen LogP contribution in [0.3, 0.4) is 0 Å². The summed E-state index contributed by atoms with van der Waals surface area (Å²) in [5.41, 5.74) is 3.11. The molecule has 2 aromatic rings. The summed E-state index contributed by atoms with van der Waals surface area (Å²) in [6, 6.07) is 6.00. The summed E-state index contributed by atoms with van der Waals surface area (Å²) < 4.78 is 0. The number of aromatic amines is 1. The minimum Gasteiger partial charge on any atom is -0.358 e. The highest BCUT2D eigenvalue weighted by Crippen LogP contribution is 2.25. The number of likely N-dealkylation sites (tertiary alicyclic amines) is 1. The van der Waals surface area contributed by atoms with Crippen LogP contribution in [-0.4, -0.2) is 41.5 Å². The van der Waals surface area contributed by atoms with Crippen LogP contribution in [0.4, 0.5) is 0 Å². The molecule has 0 radical (unpaired) electrons. The van der Waals surface area contributed by atoms with Crippen LogP contribution < -0.4 is 5.32 Å². The Morgan fingerprint density at radius 2 is 2.12 bits per heavy atom. The van der Waals surface area contributed by atoms with Gasteiger partial charge in [0, 0.05) is 34.2 Å². The van der Waals surface area contributed by atoms with E-state index in [4.69, 9.17) is 11.6 Å². The molecule has 1 fully saturated rings. The van der Waals surface area contributed by atoms with Gasteiger partial charge in [-0.3, -0.25) is 4.79 Å². The first-order valence-corrected chi connectivity index (χ1v) is 9.23. The lowest BCUT2D eigenvalue weighted by atomic mass is 10.1. The Morgan fingerprint density at radius 1 is 1.38 bits per heavy atom. The SMILES string of the molecule is CCC(CN1CCCC1)NC(=O)Cc1c(C)[nH]c2ccc(Cl)cc12. The minimum atomic E-state index is 0.0880. The Kier molecular flexibility index (Phi) is 5.47. The second-order valence-electron chi connectivity index (χ2n) is 6.78. The van der Waals surface area contributed by atoms with Gasteiger partial charge in [-0.15, -0.1) is 0 Å². The van der Waals surface area contributed by atoms with Crippen molar-refractivity contribution < 1.29 is 4.79 Å². The third-order valence-corrected chi connectivity index (χ3v) is 5.19. The number of nitrogens with one attached hydrogen (secondary N) is 2. The second kappa shape index (κ2) is 7.58. The van der Waals surface area contributed by atoms with Crippen LogP contribution in [0.1, 0.15) is 37.4 Å². The molecule has 1 saturated heterocycles. The maximum Gasteiger partial charge on any atom is 0.224 e. The molecule has 1 amide bonds. The smallest absolute Gasteiger partial charge is 0.224 e. The highest BCUT2D eigenvalue weighted by molar-refractivity contribution is 6.31. The molecule has 1 unspecified atom stereocenters. The van der Waals surface area contributed by atoms with Crippen molar-refractivity contribution >= 4 is 28.4 Å². The monoisotopic (exact) mass is 347 g/mol. The summed E-state index contributed by atoms with van der Waals surface area (Å²) in [7, 11) is 0. The molecule has 5 heteroatoms. The topological polar surface area (TPSA) is 48.1 Å². The van der Waals surface area contributed by atoms with Gasteiger partial charge in [-0.2, -0.15) is 0 Å². The fourth-order valence-corrected chi connectivity index (χ4v) is 3.75. The first-order valence-electron chi connectivity index (χ1n) is 8.85. The first-order chi connectivity index (χ1) is 11.6. The summed E-state index contributed by atoms with van der Waals surface area (Å²) in [6.07, 6.45) is 3.91. The average molecular weight is 348 g/mol. The van der Waals surface area contributed by atoms with Gasteiger partial charge in [0.05, 0.1) is 6.42 Å². The van der Waals surface area contributed by atoms with Crippen molar-refractivity contribution in [2.24, 2.45) is 0 Å². The number of hydrogen-bond donors (Lipinski definition) is 2. The molecule has 0 saturated carbocycles. The fourth-order valence-electron chi connectivity index (χ4n) is 3.58. The number of carbonyl (C=O) groups is 1. The number of H-pyrrole nitrogens is 1. The van der Waals surface area contributed by atoms with E-state index in [1.807, 2.05) is 25.1 Å². The maximum atomic E-state index is 12.6. The summed E-state index contributed by atoms with van der Waals surface area (Å²) in [6.45, 7) is 7.43. The number of amides is 1. The molecule has 0 spiro atoms. The minimum absolute atomic E-state index is 0.0880. The van der Waals surface area contributed by atoms with E-state index in [-0.39, 0.29) is 11.9 Å². The van der Waals surface area contributed by atoms with Gasteiger partial charge in [-0.1, -0.05) is 18.5 Å². The molecule has 1 aromatic carbocycles. The molecule has 24 heavy (non-hydrogen) atoms. The lowest BCUT2D eigenvalue weighted by Gasteiger charge is -2.23. The van der Waals surface area contributed by atoms with E-state index in [1.54, 1.807) is 0 Å². The standard InChI is InChI=1S/C19H26ClN3O/c1-3-15(12-23-8-4-5-9-23)22-19(24)11-16-13(2)21-18-7-6-14(20)10-17(16)18/h6-7,10,15,21H,3-5,8-9,11-12H2,1-2H3,(H,22,24). The molecule has 130 valence electrons. The van der Waals surface area contributed by atoms with Gasteiger partial charge in [-0.05, 0) is 63.0 Å². The Bertz CT molecular complexity index is 719. The maximum absolute atomic E-state index is 12.6. The van der Waals surface area contributed by atoms with Gasteiger partial charge in [0.2, 0.25) is 5.91 Å². The average Bonchev–Trinajstić information content (AvgIpc) is 3.16. The molecular formula is C19H26ClN3O. The van der Waals surface area contributed by atoms with E-state index in [1.165, 1.54) is 12.8 Å². The summed E-state index contributed by atoms with van der Waals surface area (Å²) >= 11 is 6.12. The van der Waals surface area contributed by atoms with E-state index >= 15 is 0 Å². The summed E-state index contributed by atoms with van der Waals surface area (Å²) in [5, 5.41) is 4.95. The molecule has 1 atom stereocenters. The quantitative estimate of drug-likeness (QED) is 0.837. The molecule has 4 nitrogen and oxygen atoms in total. The summed E-state index contributed by atoms with van der Waals surface area (Å²) in [4.78, 5) is 18.3. The molecule has 0 bridgehead atoms. The van der Waals surface area contributed by atoms with Gasteiger partial charge < -0.3 is 15.2 Å². The Morgan fingerprint density at radius 3 is 2.83 bits per heavy atom. The van der Waals surface area contributed by atoms with Crippen LogP contribution in [0, 0.1) is 6.92 Å². The molecule has 2 N–H and O–H groups in total. The zero-order valence-electron chi connectivity index (χ0n) is 14.5. The normalized spacial score (nSPS) is 16.6. The third-order valence-electron chi connectivity index (χ3n) is 4.95. The van der Waals surface area contributed by atoms with Crippen molar-refractivity contribution in [3.8, 4) is 0 Å². The van der Waals surface area contributed by atoms with E-state index < -0.39 is 0 Å². The fraction of sp³-hybridized carbons (Fsp3) is 0.526. The van der Waals surface area contributed by atoms with Gasteiger partial charge in [-0.25, -0.2) is 0 Å². The Hall–Kier alpha value is -1.52. The van der Waals surface area contributed by atoms with Gasteiger partial charge in [0.1, 0.15) is 0 Å². The van der Waals surface area contributed by atoms with Gasteiger partial charge >= 0.3 is 0 Å². The number of aromatic nitrogens is 1. The molecule has 2 heterocycles. The number of hydrogen-bond acceptors (Lipinski definition) is 2. The zero-order valence-corrected chi connectivity index (χ0v) is 15.2. The zero-order chi connectivity index (χ0) is 17.1. The molecule has 1 aliphatic rings. The highest BCUT2D eigenvalue weighted by Gasteiger charge is 2.19. The number of rotatable bonds is 6. The summed E-state index contributed by atoms with van der Waals surface area (Å²) in [5.74, 6) is 0.0880. The van der Waals surface area contributed by atoms with Crippen molar-refractivity contribution in [2.75, 3.05) is 19.6 Å². The van der Waals surface area contributed by atoms with Crippen LogP contribution in [-0.2, 0) is 11.2 Å². The van der Waals surface area contributed by atoms with Gasteiger partial charge in [0.25, 0.3) is 0 Å². The molecular weight excluding hydrogens is 322 g/mol. The molecule has 1 aromatic heterocycles. The third kappa shape index (κ3) is 3.93. The Labute approximate surface area is 148 Å². The van der Waals surface area contributed by atoms with Crippen LogP contribution in [0.15, 0.2) is 18.2 Å². The van der Waals surface area contributed by atoms with Crippen molar-refractivity contribution in [1.29, 1.82) is 0 Å². The number of carbonyl (C=O) groups excluding carboxylic acids is 1. The van der Waals surface area contributed by atoms with E-state index in [2.05, 4.69) is 22.1 Å². The van der Waals surface area contributed by atoms with Crippen molar-refractivity contribution in [3.05, 3.63) is 34.5 Å². The van der Waals surface area contributed by atoms with Crippen molar-refractivity contribution in [2.45, 2.75) is 45.6 Å². The predicted octanol–water partition coefficient (Wildman–Crippen LogP) is 3.66. The largest absolute Gasteiger partial charge is 0.358 e. The number of nitrogens with zero attached hydrogens (tertiary/aromatic N) is 1. The van der Waals surface area contributed by atoms with Crippen LogP contribution in [0.25, 0.3) is 10.9 Å². The lowest BCUT2D eigenvalue weighted by molar-refractivity contribution is -0.121. The molecule has 3 rings (SSSR count). The second-order valence-corrected chi connectivity index (χ2v) is 7.21. The van der Waals surface area contributed by atoms with Crippen LogP contribution >= 0.6 is 11.6 Å². The van der Waals surface area contributed by atoms with Gasteiger partial charge in [0.15, 0.2) is 0 Å². The number of halogens is 1.